The molecule has 0 heterocycles. The van der Waals surface area contributed by atoms with Crippen LogP contribution in [0.25, 0.3) is 10.8 Å². The normalized spacial score (nSPS) is 12.7. The Kier molecular flexibility index (Phi) is 9.66. The van der Waals surface area contributed by atoms with Gasteiger partial charge in [0.15, 0.2) is 0 Å². The first-order chi connectivity index (χ1) is 17.0. The van der Waals surface area contributed by atoms with Gasteiger partial charge in [0.1, 0.15) is 5.78 Å². The highest BCUT2D eigenvalue weighted by atomic mass is 16.1. The molecule has 0 saturated carbocycles. The summed E-state index contributed by atoms with van der Waals surface area (Å²) in [6, 6.07) is 22.2. The molecule has 184 valence electrons. The van der Waals surface area contributed by atoms with Crippen LogP contribution in [0, 0.1) is 0 Å². The molecule has 3 aromatic rings. The van der Waals surface area contributed by atoms with Gasteiger partial charge in [-0.2, -0.15) is 0 Å². The molecule has 3 rings (SSSR count). The lowest BCUT2D eigenvalue weighted by atomic mass is 9.94. The molecular formula is C31H38N2O2. The second-order valence-electron chi connectivity index (χ2n) is 9.15. The molecule has 1 N–H and O–H groups in total. The molecule has 0 aromatic heterocycles. The van der Waals surface area contributed by atoms with Crippen LogP contribution < -0.4 is 10.2 Å². The van der Waals surface area contributed by atoms with Gasteiger partial charge in [0, 0.05) is 37.2 Å². The van der Waals surface area contributed by atoms with Crippen LogP contribution in [0.2, 0.25) is 0 Å². The van der Waals surface area contributed by atoms with Gasteiger partial charge in [0.2, 0.25) is 0 Å². The Bertz CT molecular complexity index is 1150. The number of fused-ring (bicyclic) bond motifs is 1. The van der Waals surface area contributed by atoms with E-state index in [0.717, 1.165) is 41.3 Å². The first-order valence-electron chi connectivity index (χ1n) is 12.7. The monoisotopic (exact) mass is 470 g/mol. The number of carbonyl (C=O) groups excluding carboxylic acids is 2. The number of ketones is 1. The number of nitrogens with zero attached hydrogens (tertiary/aromatic N) is 1. The summed E-state index contributed by atoms with van der Waals surface area (Å²) in [6.07, 6.45) is 6.53. The predicted octanol–water partition coefficient (Wildman–Crippen LogP) is 7.25. The van der Waals surface area contributed by atoms with E-state index in [1.807, 2.05) is 55.5 Å². The lowest BCUT2D eigenvalue weighted by Crippen LogP contribution is -2.32. The van der Waals surface area contributed by atoms with Crippen molar-refractivity contribution in [3.8, 4) is 0 Å². The summed E-state index contributed by atoms with van der Waals surface area (Å²) < 4.78 is 0. The molecule has 0 saturated heterocycles. The molecule has 2 atom stereocenters. The summed E-state index contributed by atoms with van der Waals surface area (Å²) in [5.41, 5.74) is 2.68. The Balaban J connectivity index is 1.88. The van der Waals surface area contributed by atoms with Crippen LogP contribution in [0.5, 0.6) is 0 Å². The third kappa shape index (κ3) is 6.82. The van der Waals surface area contributed by atoms with Gasteiger partial charge in [0.05, 0.1) is 6.04 Å². The van der Waals surface area contributed by atoms with Crippen molar-refractivity contribution in [3.05, 3.63) is 90.5 Å². The number of Topliss-reactive ketones (excluding diaryl/α,β-unsaturated/α-hetero) is 1. The fraction of sp³-hybridized carbons (Fsp3) is 0.355. The highest BCUT2D eigenvalue weighted by Gasteiger charge is 2.20. The quantitative estimate of drug-likeness (QED) is 0.268. The number of anilines is 1. The molecule has 4 heteroatoms. The number of nitrogens with one attached hydrogen (secondary N) is 1. The number of hydrogen-bond acceptors (Lipinski definition) is 3. The Morgan fingerprint density at radius 1 is 1.00 bits per heavy atom. The van der Waals surface area contributed by atoms with Crippen LogP contribution in [0.15, 0.2) is 79.4 Å². The van der Waals surface area contributed by atoms with Gasteiger partial charge >= 0.3 is 0 Å². The van der Waals surface area contributed by atoms with Crippen molar-refractivity contribution in [3.63, 3.8) is 0 Å². The van der Waals surface area contributed by atoms with E-state index in [-0.39, 0.29) is 17.7 Å². The summed E-state index contributed by atoms with van der Waals surface area (Å²) in [5.74, 6) is 0.0789. The molecule has 0 aliphatic carbocycles. The molecule has 4 nitrogen and oxygen atoms in total. The average Bonchev–Trinajstić information content (AvgIpc) is 2.90. The number of amides is 1. The van der Waals surface area contributed by atoms with Gasteiger partial charge in [-0.25, -0.2) is 0 Å². The van der Waals surface area contributed by atoms with Gasteiger partial charge in [-0.15, -0.1) is 6.58 Å². The predicted molar refractivity (Wildman–Crippen MR) is 147 cm³/mol. The Labute approximate surface area is 210 Å². The maximum absolute atomic E-state index is 13.4. The van der Waals surface area contributed by atoms with Crippen molar-refractivity contribution in [2.45, 2.75) is 64.5 Å². The zero-order valence-corrected chi connectivity index (χ0v) is 21.3. The Morgan fingerprint density at radius 3 is 2.49 bits per heavy atom. The van der Waals surface area contributed by atoms with Crippen molar-refractivity contribution in [2.75, 3.05) is 11.9 Å². The SMILES string of the molecule is C=CCC(CCC)N(C)c1cccc(C(=O)N[C@H](CCC(=O)CC)c2cccc3ccccc23)c1. The number of benzene rings is 3. The second-order valence-corrected chi connectivity index (χ2v) is 9.15. The minimum absolute atomic E-state index is 0.127. The van der Waals surface area contributed by atoms with E-state index in [4.69, 9.17) is 0 Å². The first kappa shape index (κ1) is 26.2. The van der Waals surface area contributed by atoms with Gasteiger partial charge in [0.25, 0.3) is 5.91 Å². The van der Waals surface area contributed by atoms with Crippen LogP contribution >= 0.6 is 0 Å². The highest BCUT2D eigenvalue weighted by Crippen LogP contribution is 2.28. The molecule has 0 spiro atoms. The molecule has 0 radical (unpaired) electrons. The van der Waals surface area contributed by atoms with Gasteiger partial charge in [-0.1, -0.05) is 74.9 Å². The lowest BCUT2D eigenvalue weighted by Gasteiger charge is -2.29. The van der Waals surface area contributed by atoms with E-state index in [0.29, 0.717) is 30.9 Å². The largest absolute Gasteiger partial charge is 0.371 e. The topological polar surface area (TPSA) is 49.4 Å². The van der Waals surface area contributed by atoms with E-state index >= 15 is 0 Å². The van der Waals surface area contributed by atoms with Gasteiger partial charge in [-0.3, -0.25) is 9.59 Å². The summed E-state index contributed by atoms with van der Waals surface area (Å²) in [6.45, 7) is 7.98. The van der Waals surface area contributed by atoms with Crippen molar-refractivity contribution in [1.29, 1.82) is 0 Å². The smallest absolute Gasteiger partial charge is 0.251 e. The minimum Gasteiger partial charge on any atom is -0.371 e. The van der Waals surface area contributed by atoms with Crippen molar-refractivity contribution in [1.82, 2.24) is 5.32 Å². The van der Waals surface area contributed by atoms with Crippen LogP contribution in [0.1, 0.15) is 74.3 Å². The second kappa shape index (κ2) is 12.9. The molecule has 3 aromatic carbocycles. The van der Waals surface area contributed by atoms with Crippen molar-refractivity contribution >= 4 is 28.2 Å². The summed E-state index contributed by atoms with van der Waals surface area (Å²) >= 11 is 0. The molecule has 0 bridgehead atoms. The van der Waals surface area contributed by atoms with Crippen LogP contribution in [-0.2, 0) is 4.79 Å². The molecule has 1 unspecified atom stereocenters. The Hall–Kier alpha value is -3.40. The van der Waals surface area contributed by atoms with Crippen LogP contribution in [-0.4, -0.2) is 24.8 Å². The first-order valence-corrected chi connectivity index (χ1v) is 12.7. The standard InChI is InChI=1S/C31H38N2O2/c1-5-12-25(13-6-2)33(4)26-17-10-16-24(22-26)31(35)32-30(21-20-27(34)7-3)29-19-11-15-23-14-8-9-18-28(23)29/h5,8-11,14-19,22,25,30H,1,6-7,12-13,20-21H2,2-4H3,(H,32,35)/t25?,30-/m1/s1. The van der Waals surface area contributed by atoms with Gasteiger partial charge in [-0.05, 0) is 53.8 Å². The van der Waals surface area contributed by atoms with Gasteiger partial charge < -0.3 is 10.2 Å². The summed E-state index contributed by atoms with van der Waals surface area (Å²) in [5, 5.41) is 5.47. The average molecular weight is 471 g/mol. The highest BCUT2D eigenvalue weighted by molar-refractivity contribution is 5.96. The molecule has 1 amide bonds. The maximum Gasteiger partial charge on any atom is 0.251 e. The van der Waals surface area contributed by atoms with Crippen LogP contribution in [0.3, 0.4) is 0 Å². The number of carbonyl (C=O) groups is 2. The zero-order chi connectivity index (χ0) is 25.2. The molecule has 0 fully saturated rings. The lowest BCUT2D eigenvalue weighted by molar-refractivity contribution is -0.118. The third-order valence-corrected chi connectivity index (χ3v) is 6.73. The zero-order valence-electron chi connectivity index (χ0n) is 21.3. The third-order valence-electron chi connectivity index (χ3n) is 6.73. The van der Waals surface area contributed by atoms with Crippen molar-refractivity contribution < 1.29 is 9.59 Å². The van der Waals surface area contributed by atoms with Crippen LogP contribution in [0.4, 0.5) is 5.69 Å². The summed E-state index contributed by atoms with van der Waals surface area (Å²) in [4.78, 5) is 27.8. The van der Waals surface area contributed by atoms with Crippen molar-refractivity contribution in [2.24, 2.45) is 0 Å². The Morgan fingerprint density at radius 2 is 1.74 bits per heavy atom. The number of rotatable bonds is 13. The molecular weight excluding hydrogens is 432 g/mol. The van der Waals surface area contributed by atoms with E-state index in [1.165, 1.54) is 0 Å². The molecule has 0 aliphatic heterocycles. The maximum atomic E-state index is 13.4. The van der Waals surface area contributed by atoms with E-state index < -0.39 is 0 Å². The number of hydrogen-bond donors (Lipinski definition) is 1. The molecule has 0 aliphatic rings. The van der Waals surface area contributed by atoms with E-state index in [9.17, 15) is 9.59 Å². The fourth-order valence-corrected chi connectivity index (χ4v) is 4.66. The fourth-order valence-electron chi connectivity index (χ4n) is 4.66. The minimum atomic E-state index is -0.251. The van der Waals surface area contributed by atoms with E-state index in [2.05, 4.69) is 55.0 Å². The van der Waals surface area contributed by atoms with E-state index in [1.54, 1.807) is 0 Å². The summed E-state index contributed by atoms with van der Waals surface area (Å²) in [7, 11) is 2.08. The molecule has 35 heavy (non-hydrogen) atoms.